The van der Waals surface area contributed by atoms with Gasteiger partial charge in [0.25, 0.3) is 0 Å². The Morgan fingerprint density at radius 3 is 2.44 bits per heavy atom. The van der Waals surface area contributed by atoms with Crippen LogP contribution in [-0.2, 0) is 0 Å². The van der Waals surface area contributed by atoms with Gasteiger partial charge in [0.1, 0.15) is 0 Å². The van der Waals surface area contributed by atoms with Crippen molar-refractivity contribution < 1.29 is 5.11 Å². The topological polar surface area (TPSA) is 46.2 Å². The highest BCUT2D eigenvalue weighted by Crippen LogP contribution is 2.00. The van der Waals surface area contributed by atoms with Crippen molar-refractivity contribution in [3.8, 4) is 0 Å². The summed E-state index contributed by atoms with van der Waals surface area (Å²) in [5.41, 5.74) is 5.55. The second-order valence-electron chi connectivity index (χ2n) is 2.55. The van der Waals surface area contributed by atoms with Crippen LogP contribution in [0.4, 0.5) is 0 Å². The van der Waals surface area contributed by atoms with Gasteiger partial charge in [0.15, 0.2) is 0 Å². The fourth-order valence-electron chi connectivity index (χ4n) is 0.681. The van der Waals surface area contributed by atoms with Gasteiger partial charge in [0, 0.05) is 6.04 Å². The van der Waals surface area contributed by atoms with Gasteiger partial charge in [-0.2, -0.15) is 0 Å². The van der Waals surface area contributed by atoms with Crippen LogP contribution < -0.4 is 5.73 Å². The number of aliphatic hydroxyl groups excluding tert-OH is 1. The quantitative estimate of drug-likeness (QED) is 0.595. The fraction of sp³-hybridized carbons (Fsp3) is 1.00. The van der Waals surface area contributed by atoms with E-state index in [2.05, 4.69) is 6.92 Å². The van der Waals surface area contributed by atoms with E-state index in [-0.39, 0.29) is 12.1 Å². The van der Waals surface area contributed by atoms with Crippen LogP contribution >= 0.6 is 0 Å². The number of unbranched alkanes of at least 4 members (excludes halogenated alkanes) is 1. The van der Waals surface area contributed by atoms with Crippen molar-refractivity contribution in [3.05, 3.63) is 0 Å². The summed E-state index contributed by atoms with van der Waals surface area (Å²) in [7, 11) is 0. The first-order chi connectivity index (χ1) is 4.18. The van der Waals surface area contributed by atoms with Gasteiger partial charge in [0.2, 0.25) is 0 Å². The van der Waals surface area contributed by atoms with Crippen LogP contribution in [0.5, 0.6) is 0 Å². The summed E-state index contributed by atoms with van der Waals surface area (Å²) in [5.74, 6) is 0. The monoisotopic (exact) mass is 131 g/mol. The summed E-state index contributed by atoms with van der Waals surface area (Å²) in [6.45, 7) is 3.86. The molecule has 9 heavy (non-hydrogen) atoms. The van der Waals surface area contributed by atoms with Crippen molar-refractivity contribution in [2.24, 2.45) is 5.73 Å². The lowest BCUT2D eigenvalue weighted by Crippen LogP contribution is -2.31. The minimum Gasteiger partial charge on any atom is -0.392 e. The zero-order valence-corrected chi connectivity index (χ0v) is 6.30. The second kappa shape index (κ2) is 4.77. The van der Waals surface area contributed by atoms with Gasteiger partial charge in [0.05, 0.1) is 6.10 Å². The second-order valence-corrected chi connectivity index (χ2v) is 2.55. The van der Waals surface area contributed by atoms with E-state index < -0.39 is 0 Å². The van der Waals surface area contributed by atoms with E-state index >= 15 is 0 Å². The van der Waals surface area contributed by atoms with E-state index in [1.165, 1.54) is 0 Å². The summed E-state index contributed by atoms with van der Waals surface area (Å²) in [6, 6.07) is -0.0232. The van der Waals surface area contributed by atoms with Crippen molar-refractivity contribution in [2.75, 3.05) is 0 Å². The number of nitrogens with two attached hydrogens (primary N) is 1. The smallest absolute Gasteiger partial charge is 0.0662 e. The van der Waals surface area contributed by atoms with Gasteiger partial charge in [-0.15, -0.1) is 0 Å². The molecule has 0 aliphatic carbocycles. The third-order valence-corrected chi connectivity index (χ3v) is 1.51. The molecule has 0 fully saturated rings. The van der Waals surface area contributed by atoms with Crippen molar-refractivity contribution in [1.82, 2.24) is 0 Å². The molecule has 2 unspecified atom stereocenters. The summed E-state index contributed by atoms with van der Waals surface area (Å²) < 4.78 is 0. The highest BCUT2D eigenvalue weighted by atomic mass is 16.3. The first-order valence-corrected chi connectivity index (χ1v) is 3.62. The largest absolute Gasteiger partial charge is 0.392 e. The van der Waals surface area contributed by atoms with Crippen LogP contribution in [0.25, 0.3) is 0 Å². The molecule has 0 aromatic heterocycles. The van der Waals surface area contributed by atoms with Crippen LogP contribution in [0.3, 0.4) is 0 Å². The molecule has 0 bridgehead atoms. The third kappa shape index (κ3) is 4.43. The normalized spacial score (nSPS) is 17.3. The first kappa shape index (κ1) is 8.92. The Kier molecular flexibility index (Phi) is 4.72. The molecule has 0 saturated carbocycles. The lowest BCUT2D eigenvalue weighted by atomic mass is 10.1. The van der Waals surface area contributed by atoms with Gasteiger partial charge in [-0.05, 0) is 13.3 Å². The molecular formula is C7H17NO. The molecule has 0 radical (unpaired) electrons. The summed E-state index contributed by atoms with van der Waals surface area (Å²) in [4.78, 5) is 0. The Labute approximate surface area is 57.1 Å². The predicted octanol–water partition coefficient (Wildman–Crippen LogP) is 0.885. The summed E-state index contributed by atoms with van der Waals surface area (Å²) in [6.07, 6.45) is 2.86. The molecule has 0 heterocycles. The van der Waals surface area contributed by atoms with Gasteiger partial charge in [-0.3, -0.25) is 0 Å². The Bertz CT molecular complexity index is 63.9. The zero-order chi connectivity index (χ0) is 7.28. The molecule has 56 valence electrons. The number of hydrogen-bond donors (Lipinski definition) is 2. The highest BCUT2D eigenvalue weighted by molar-refractivity contribution is 4.66. The SMILES string of the molecule is CCCCC(N)C(C)O. The fourth-order valence-corrected chi connectivity index (χ4v) is 0.681. The van der Waals surface area contributed by atoms with Crippen LogP contribution in [0.1, 0.15) is 33.1 Å². The van der Waals surface area contributed by atoms with E-state index in [0.29, 0.717) is 0 Å². The van der Waals surface area contributed by atoms with Crippen molar-refractivity contribution in [1.29, 1.82) is 0 Å². The number of rotatable bonds is 4. The molecule has 0 rings (SSSR count). The van der Waals surface area contributed by atoms with Gasteiger partial charge in [-0.25, -0.2) is 0 Å². The molecule has 3 N–H and O–H groups in total. The molecule has 2 nitrogen and oxygen atoms in total. The molecule has 2 atom stereocenters. The maximum atomic E-state index is 8.92. The molecule has 2 heteroatoms. The van der Waals surface area contributed by atoms with Crippen LogP contribution in [0, 0.1) is 0 Å². The molecular weight excluding hydrogens is 114 g/mol. The molecule has 0 aliphatic rings. The number of hydrogen-bond acceptors (Lipinski definition) is 2. The Balaban J connectivity index is 3.16. The maximum Gasteiger partial charge on any atom is 0.0662 e. The lowest BCUT2D eigenvalue weighted by molar-refractivity contribution is 0.158. The average molecular weight is 131 g/mol. The van der Waals surface area contributed by atoms with Crippen molar-refractivity contribution in [2.45, 2.75) is 45.3 Å². The van der Waals surface area contributed by atoms with Gasteiger partial charge in [-0.1, -0.05) is 19.8 Å². The summed E-state index contributed by atoms with van der Waals surface area (Å²) >= 11 is 0. The Morgan fingerprint density at radius 1 is 1.56 bits per heavy atom. The van der Waals surface area contributed by atoms with E-state index in [1.54, 1.807) is 6.92 Å². The van der Waals surface area contributed by atoms with Crippen LogP contribution in [-0.4, -0.2) is 17.3 Å². The van der Waals surface area contributed by atoms with Gasteiger partial charge >= 0.3 is 0 Å². The third-order valence-electron chi connectivity index (χ3n) is 1.51. The minimum absolute atomic E-state index is 0.0232. The van der Waals surface area contributed by atoms with E-state index in [9.17, 15) is 0 Å². The van der Waals surface area contributed by atoms with Gasteiger partial charge < -0.3 is 10.8 Å². The summed E-state index contributed by atoms with van der Waals surface area (Å²) in [5, 5.41) is 8.92. The van der Waals surface area contributed by atoms with E-state index in [4.69, 9.17) is 10.8 Å². The van der Waals surface area contributed by atoms with Crippen LogP contribution in [0.15, 0.2) is 0 Å². The number of aliphatic hydroxyl groups is 1. The predicted molar refractivity (Wildman–Crippen MR) is 39.2 cm³/mol. The lowest BCUT2D eigenvalue weighted by Gasteiger charge is -2.12. The molecule has 0 aliphatic heterocycles. The molecule has 0 spiro atoms. The zero-order valence-electron chi connectivity index (χ0n) is 6.30. The van der Waals surface area contributed by atoms with Crippen molar-refractivity contribution in [3.63, 3.8) is 0 Å². The Hall–Kier alpha value is -0.0800. The first-order valence-electron chi connectivity index (χ1n) is 3.62. The molecule has 0 aromatic carbocycles. The maximum absolute atomic E-state index is 8.92. The highest BCUT2D eigenvalue weighted by Gasteiger charge is 2.06. The van der Waals surface area contributed by atoms with E-state index in [1.807, 2.05) is 0 Å². The molecule has 0 aromatic rings. The minimum atomic E-state index is -0.350. The van der Waals surface area contributed by atoms with E-state index in [0.717, 1.165) is 19.3 Å². The van der Waals surface area contributed by atoms with Crippen LogP contribution in [0.2, 0.25) is 0 Å². The average Bonchev–Trinajstić information content (AvgIpc) is 1.82. The standard InChI is InChI=1S/C7H17NO/c1-3-4-5-7(8)6(2)9/h6-7,9H,3-5,8H2,1-2H3. The van der Waals surface area contributed by atoms with Crippen molar-refractivity contribution >= 4 is 0 Å². The molecule has 0 saturated heterocycles. The molecule has 0 amide bonds. The Morgan fingerprint density at radius 2 is 2.11 bits per heavy atom.